The summed E-state index contributed by atoms with van der Waals surface area (Å²) in [7, 11) is 0. The summed E-state index contributed by atoms with van der Waals surface area (Å²) in [6.45, 7) is 1.78. The van der Waals surface area contributed by atoms with Crippen molar-refractivity contribution >= 4 is 23.5 Å². The van der Waals surface area contributed by atoms with Crippen LogP contribution in [-0.4, -0.2) is 36.3 Å². The van der Waals surface area contributed by atoms with Crippen molar-refractivity contribution in [1.29, 1.82) is 0 Å². The zero-order valence-corrected chi connectivity index (χ0v) is 14.8. The van der Waals surface area contributed by atoms with Gasteiger partial charge >= 0.3 is 0 Å². The fraction of sp³-hybridized carbons (Fsp3) is 0.368. The lowest BCUT2D eigenvalue weighted by molar-refractivity contribution is -0.121. The van der Waals surface area contributed by atoms with Crippen molar-refractivity contribution in [2.75, 3.05) is 24.2 Å². The first-order chi connectivity index (χ1) is 11.7. The molecule has 1 aromatic heterocycles. The van der Waals surface area contributed by atoms with Crippen molar-refractivity contribution in [2.45, 2.75) is 30.2 Å². The van der Waals surface area contributed by atoms with Crippen LogP contribution < -0.4 is 10.2 Å². The van der Waals surface area contributed by atoms with E-state index in [1.165, 1.54) is 10.5 Å². The van der Waals surface area contributed by atoms with Gasteiger partial charge < -0.3 is 10.2 Å². The molecule has 3 rings (SSSR count). The number of rotatable bonds is 6. The quantitative estimate of drug-likeness (QED) is 0.820. The number of carbonyl (C=O) groups is 1. The molecule has 0 spiro atoms. The SMILES string of the molecule is CSc1ccc(CCC(=O)N[C@H]2CCN(c3ccccn3)C2)cc1. The maximum Gasteiger partial charge on any atom is 0.220 e. The highest BCUT2D eigenvalue weighted by atomic mass is 32.2. The molecule has 2 heterocycles. The van der Waals surface area contributed by atoms with Gasteiger partial charge in [0.15, 0.2) is 0 Å². The number of benzene rings is 1. The highest BCUT2D eigenvalue weighted by Crippen LogP contribution is 2.18. The van der Waals surface area contributed by atoms with Gasteiger partial charge in [-0.15, -0.1) is 11.8 Å². The van der Waals surface area contributed by atoms with E-state index in [9.17, 15) is 4.79 Å². The van der Waals surface area contributed by atoms with Crippen molar-refractivity contribution in [1.82, 2.24) is 10.3 Å². The van der Waals surface area contributed by atoms with Crippen LogP contribution in [0.15, 0.2) is 53.6 Å². The van der Waals surface area contributed by atoms with Gasteiger partial charge in [0.1, 0.15) is 5.82 Å². The zero-order valence-electron chi connectivity index (χ0n) is 13.9. The fourth-order valence-corrected chi connectivity index (χ4v) is 3.39. The molecular weight excluding hydrogens is 318 g/mol. The molecule has 4 nitrogen and oxygen atoms in total. The first-order valence-electron chi connectivity index (χ1n) is 8.33. The van der Waals surface area contributed by atoms with E-state index in [1.54, 1.807) is 11.8 Å². The summed E-state index contributed by atoms with van der Waals surface area (Å²) < 4.78 is 0. The molecule has 1 saturated heterocycles. The number of nitrogens with one attached hydrogen (secondary N) is 1. The Hall–Kier alpha value is -2.01. The maximum absolute atomic E-state index is 12.2. The van der Waals surface area contributed by atoms with E-state index >= 15 is 0 Å². The largest absolute Gasteiger partial charge is 0.354 e. The molecule has 24 heavy (non-hydrogen) atoms. The fourth-order valence-electron chi connectivity index (χ4n) is 2.98. The Morgan fingerprint density at radius 2 is 2.12 bits per heavy atom. The van der Waals surface area contributed by atoms with Crippen molar-refractivity contribution in [2.24, 2.45) is 0 Å². The Kier molecular flexibility index (Phi) is 5.75. The molecule has 1 N–H and O–H groups in total. The van der Waals surface area contributed by atoms with Gasteiger partial charge in [-0.1, -0.05) is 18.2 Å². The summed E-state index contributed by atoms with van der Waals surface area (Å²) >= 11 is 1.73. The molecule has 5 heteroatoms. The van der Waals surface area contributed by atoms with Gasteiger partial charge in [0.05, 0.1) is 0 Å². The average Bonchev–Trinajstić information content (AvgIpc) is 3.09. The monoisotopic (exact) mass is 341 g/mol. The van der Waals surface area contributed by atoms with Crippen LogP contribution in [0.2, 0.25) is 0 Å². The van der Waals surface area contributed by atoms with Gasteiger partial charge in [0.25, 0.3) is 0 Å². The Bertz CT molecular complexity index is 660. The van der Waals surface area contributed by atoms with E-state index in [-0.39, 0.29) is 11.9 Å². The molecule has 0 bridgehead atoms. The van der Waals surface area contributed by atoms with Gasteiger partial charge in [-0.25, -0.2) is 4.98 Å². The lowest BCUT2D eigenvalue weighted by Gasteiger charge is -2.17. The summed E-state index contributed by atoms with van der Waals surface area (Å²) in [4.78, 5) is 20.0. The van der Waals surface area contributed by atoms with Crippen LogP contribution in [0.3, 0.4) is 0 Å². The smallest absolute Gasteiger partial charge is 0.220 e. The molecule has 1 amide bonds. The van der Waals surface area contributed by atoms with Gasteiger partial charge in [0, 0.05) is 36.6 Å². The van der Waals surface area contributed by atoms with Crippen LogP contribution in [-0.2, 0) is 11.2 Å². The molecule has 1 atom stereocenters. The Balaban J connectivity index is 1.44. The normalized spacial score (nSPS) is 17.0. The molecule has 1 aliphatic rings. The second-order valence-electron chi connectivity index (χ2n) is 6.04. The maximum atomic E-state index is 12.2. The zero-order chi connectivity index (χ0) is 16.8. The topological polar surface area (TPSA) is 45.2 Å². The molecule has 0 unspecified atom stereocenters. The minimum absolute atomic E-state index is 0.136. The molecular formula is C19H23N3OS. The van der Waals surface area contributed by atoms with Crippen LogP contribution >= 0.6 is 11.8 Å². The van der Waals surface area contributed by atoms with E-state index < -0.39 is 0 Å². The molecule has 1 fully saturated rings. The summed E-state index contributed by atoms with van der Waals surface area (Å²) in [5.41, 5.74) is 1.21. The number of hydrogen-bond donors (Lipinski definition) is 1. The third-order valence-electron chi connectivity index (χ3n) is 4.33. The average molecular weight is 341 g/mol. The second kappa shape index (κ2) is 8.20. The van der Waals surface area contributed by atoms with Crippen LogP contribution in [0.5, 0.6) is 0 Å². The first kappa shape index (κ1) is 16.8. The lowest BCUT2D eigenvalue weighted by Crippen LogP contribution is -2.37. The molecule has 0 saturated carbocycles. The van der Waals surface area contributed by atoms with Gasteiger partial charge in [-0.3, -0.25) is 4.79 Å². The van der Waals surface area contributed by atoms with Gasteiger partial charge in [0.2, 0.25) is 5.91 Å². The molecule has 1 aromatic carbocycles. The number of aromatic nitrogens is 1. The Morgan fingerprint density at radius 3 is 2.83 bits per heavy atom. The number of amides is 1. The van der Waals surface area contributed by atoms with E-state index in [0.717, 1.165) is 31.7 Å². The van der Waals surface area contributed by atoms with Crippen molar-refractivity contribution in [3.05, 3.63) is 54.2 Å². The number of anilines is 1. The first-order valence-corrected chi connectivity index (χ1v) is 9.55. The number of nitrogens with zero attached hydrogens (tertiary/aromatic N) is 2. The van der Waals surface area contributed by atoms with Crippen LogP contribution in [0.1, 0.15) is 18.4 Å². The summed E-state index contributed by atoms with van der Waals surface area (Å²) in [5, 5.41) is 3.16. The third kappa shape index (κ3) is 4.51. The molecule has 126 valence electrons. The van der Waals surface area contributed by atoms with Crippen LogP contribution in [0.25, 0.3) is 0 Å². The number of hydrogen-bond acceptors (Lipinski definition) is 4. The number of pyridine rings is 1. The van der Waals surface area contributed by atoms with Crippen molar-refractivity contribution in [3.8, 4) is 0 Å². The predicted molar refractivity (Wildman–Crippen MR) is 99.5 cm³/mol. The second-order valence-corrected chi connectivity index (χ2v) is 6.91. The molecule has 0 radical (unpaired) electrons. The Morgan fingerprint density at radius 1 is 1.29 bits per heavy atom. The van der Waals surface area contributed by atoms with E-state index in [2.05, 4.69) is 45.7 Å². The summed E-state index contributed by atoms with van der Waals surface area (Å²) in [6, 6.07) is 14.6. The molecule has 2 aromatic rings. The standard InChI is InChI=1S/C19H23N3OS/c1-24-17-8-5-15(6-9-17)7-10-19(23)21-16-11-13-22(14-16)18-4-2-3-12-20-18/h2-6,8-9,12,16H,7,10-11,13-14H2,1H3,(H,21,23)/t16-/m0/s1. The highest BCUT2D eigenvalue weighted by molar-refractivity contribution is 7.98. The lowest BCUT2D eigenvalue weighted by atomic mass is 10.1. The predicted octanol–water partition coefficient (Wildman–Crippen LogP) is 3.13. The van der Waals surface area contributed by atoms with E-state index in [0.29, 0.717) is 6.42 Å². The summed E-state index contributed by atoms with van der Waals surface area (Å²) in [5.74, 6) is 1.12. The van der Waals surface area contributed by atoms with E-state index in [1.807, 2.05) is 24.4 Å². The van der Waals surface area contributed by atoms with Gasteiger partial charge in [-0.2, -0.15) is 0 Å². The molecule has 1 aliphatic heterocycles. The summed E-state index contributed by atoms with van der Waals surface area (Å²) in [6.07, 6.45) is 6.18. The van der Waals surface area contributed by atoms with Crippen molar-refractivity contribution in [3.63, 3.8) is 0 Å². The van der Waals surface area contributed by atoms with Crippen LogP contribution in [0.4, 0.5) is 5.82 Å². The van der Waals surface area contributed by atoms with E-state index in [4.69, 9.17) is 0 Å². The van der Waals surface area contributed by atoms with Gasteiger partial charge in [-0.05, 0) is 48.9 Å². The Labute approximate surface area is 147 Å². The number of thioether (sulfide) groups is 1. The minimum Gasteiger partial charge on any atom is -0.354 e. The third-order valence-corrected chi connectivity index (χ3v) is 5.07. The minimum atomic E-state index is 0.136. The van der Waals surface area contributed by atoms with Crippen molar-refractivity contribution < 1.29 is 4.79 Å². The highest BCUT2D eigenvalue weighted by Gasteiger charge is 2.24. The number of carbonyl (C=O) groups excluding carboxylic acids is 1. The number of aryl methyl sites for hydroxylation is 1. The van der Waals surface area contributed by atoms with Crippen LogP contribution in [0, 0.1) is 0 Å². The molecule has 0 aliphatic carbocycles.